The van der Waals surface area contributed by atoms with Gasteiger partial charge in [-0.3, -0.25) is 14.6 Å². The Kier molecular flexibility index (Phi) is 5.09. The number of ether oxygens (including phenoxy) is 1. The summed E-state index contributed by atoms with van der Waals surface area (Å²) in [5, 5.41) is 0.00764. The highest BCUT2D eigenvalue weighted by molar-refractivity contribution is 8.12. The molecule has 1 rings (SSSR count). The molecular weight excluding hydrogens is 250 g/mol. The molecule has 0 N–H and O–H groups in total. The molecule has 0 fully saturated rings. The summed E-state index contributed by atoms with van der Waals surface area (Å²) in [4.78, 5) is 26.3. The fourth-order valence-corrected chi connectivity index (χ4v) is 2.08. The molecule has 0 saturated heterocycles. The fraction of sp³-hybridized carbons (Fsp3) is 0.308. The van der Waals surface area contributed by atoms with Crippen molar-refractivity contribution in [3.05, 3.63) is 29.6 Å². The second kappa shape index (κ2) is 6.35. The summed E-state index contributed by atoms with van der Waals surface area (Å²) >= 11 is 1.16. The van der Waals surface area contributed by atoms with Crippen molar-refractivity contribution in [1.29, 1.82) is 0 Å². The van der Waals surface area contributed by atoms with Crippen LogP contribution in [0, 0.1) is 6.92 Å². The van der Waals surface area contributed by atoms with Crippen LogP contribution in [0.25, 0.3) is 6.08 Å². The molecule has 1 heterocycles. The number of esters is 1. The van der Waals surface area contributed by atoms with E-state index in [4.69, 9.17) is 4.74 Å². The van der Waals surface area contributed by atoms with Crippen molar-refractivity contribution < 1.29 is 14.3 Å². The monoisotopic (exact) mass is 265 g/mol. The third kappa shape index (κ3) is 3.70. The van der Waals surface area contributed by atoms with Crippen molar-refractivity contribution in [2.24, 2.45) is 0 Å². The molecule has 0 atom stereocenters. The van der Waals surface area contributed by atoms with Crippen LogP contribution in [0.5, 0.6) is 5.75 Å². The summed E-state index contributed by atoms with van der Waals surface area (Å²) in [6.07, 6.45) is 3.29. The van der Waals surface area contributed by atoms with Crippen LogP contribution in [0.15, 0.2) is 12.8 Å². The van der Waals surface area contributed by atoms with Crippen LogP contribution >= 0.6 is 11.8 Å². The second-order valence-corrected chi connectivity index (χ2v) is 4.84. The van der Waals surface area contributed by atoms with E-state index >= 15 is 0 Å². The summed E-state index contributed by atoms with van der Waals surface area (Å²) < 4.78 is 5.18. The topological polar surface area (TPSA) is 56.3 Å². The molecule has 1 aromatic rings. The van der Waals surface area contributed by atoms with Crippen LogP contribution < -0.4 is 4.74 Å². The molecule has 1 aromatic heterocycles. The van der Waals surface area contributed by atoms with E-state index in [0.717, 1.165) is 22.9 Å². The Morgan fingerprint density at radius 2 is 2.17 bits per heavy atom. The number of rotatable bonds is 4. The summed E-state index contributed by atoms with van der Waals surface area (Å²) in [5.74, 6) is 0.451. The number of aryl methyl sites for hydroxylation is 1. The Balaban J connectivity index is 3.21. The third-order valence-electron chi connectivity index (χ3n) is 2.23. The molecular formula is C13H15NO3S. The normalized spacial score (nSPS) is 9.94. The molecule has 0 aliphatic carbocycles. The van der Waals surface area contributed by atoms with Crippen molar-refractivity contribution in [2.45, 2.75) is 26.5 Å². The quantitative estimate of drug-likeness (QED) is 0.783. The fourth-order valence-electron chi connectivity index (χ4n) is 1.43. The first kappa shape index (κ1) is 14.4. The molecule has 0 saturated carbocycles. The lowest BCUT2D eigenvalue weighted by Gasteiger charge is -2.13. The molecule has 0 unspecified atom stereocenters. The molecule has 96 valence electrons. The predicted octanol–water partition coefficient (Wildman–Crippen LogP) is 2.74. The Morgan fingerprint density at radius 3 is 2.67 bits per heavy atom. The number of hydrogen-bond acceptors (Lipinski definition) is 5. The molecule has 0 aromatic carbocycles. The predicted molar refractivity (Wildman–Crippen MR) is 72.4 cm³/mol. The average molecular weight is 265 g/mol. The molecule has 5 heteroatoms. The second-order valence-electron chi connectivity index (χ2n) is 3.68. The van der Waals surface area contributed by atoms with Crippen molar-refractivity contribution in [3.63, 3.8) is 0 Å². The van der Waals surface area contributed by atoms with E-state index in [2.05, 4.69) is 11.6 Å². The van der Waals surface area contributed by atoms with E-state index in [1.165, 1.54) is 13.8 Å². The molecule has 0 aliphatic heterocycles. The van der Waals surface area contributed by atoms with Gasteiger partial charge >= 0.3 is 5.97 Å². The zero-order valence-electron chi connectivity index (χ0n) is 10.6. The van der Waals surface area contributed by atoms with E-state index in [-0.39, 0.29) is 5.12 Å². The van der Waals surface area contributed by atoms with E-state index < -0.39 is 5.97 Å². The van der Waals surface area contributed by atoms with E-state index in [9.17, 15) is 9.59 Å². The van der Waals surface area contributed by atoms with Crippen molar-refractivity contribution in [1.82, 2.24) is 4.98 Å². The number of thioether (sulfide) groups is 1. The van der Waals surface area contributed by atoms with Crippen molar-refractivity contribution in [2.75, 3.05) is 0 Å². The van der Waals surface area contributed by atoms with Crippen LogP contribution in [-0.2, 0) is 15.3 Å². The summed E-state index contributed by atoms with van der Waals surface area (Å²) in [7, 11) is 0. The Labute approximate surface area is 110 Å². The van der Waals surface area contributed by atoms with Gasteiger partial charge in [-0.25, -0.2) is 0 Å². The number of carbonyl (C=O) groups is 2. The molecule has 0 amide bonds. The number of aromatic nitrogens is 1. The van der Waals surface area contributed by atoms with Crippen LogP contribution in [0.1, 0.15) is 30.7 Å². The van der Waals surface area contributed by atoms with Gasteiger partial charge in [0.1, 0.15) is 0 Å². The summed E-state index contributed by atoms with van der Waals surface area (Å²) in [6.45, 7) is 8.28. The molecule has 0 aliphatic rings. The van der Waals surface area contributed by atoms with Crippen LogP contribution in [0.3, 0.4) is 0 Å². The first-order valence-corrected chi connectivity index (χ1v) is 6.37. The standard InChI is InChI=1S/C13H15NO3S/c1-5-11-6-14-8(2)13(17-9(3)15)12(11)7-18-10(4)16/h5-6H,1,7H2,2-4H3. The van der Waals surface area contributed by atoms with Crippen LogP contribution in [0.4, 0.5) is 0 Å². The zero-order valence-corrected chi connectivity index (χ0v) is 11.5. The minimum atomic E-state index is -0.407. The van der Waals surface area contributed by atoms with Gasteiger partial charge in [-0.1, -0.05) is 24.4 Å². The first-order chi connectivity index (χ1) is 8.45. The van der Waals surface area contributed by atoms with Gasteiger partial charge in [-0.15, -0.1) is 0 Å². The molecule has 0 bridgehead atoms. The van der Waals surface area contributed by atoms with Gasteiger partial charge in [-0.05, 0) is 12.5 Å². The smallest absolute Gasteiger partial charge is 0.308 e. The lowest BCUT2D eigenvalue weighted by atomic mass is 10.1. The Morgan fingerprint density at radius 1 is 1.50 bits per heavy atom. The number of nitrogens with zero attached hydrogens (tertiary/aromatic N) is 1. The number of hydrogen-bond donors (Lipinski definition) is 0. The maximum absolute atomic E-state index is 11.1. The number of carbonyl (C=O) groups excluding carboxylic acids is 2. The van der Waals surface area contributed by atoms with E-state index in [0.29, 0.717) is 17.2 Å². The molecule has 0 radical (unpaired) electrons. The van der Waals surface area contributed by atoms with Gasteiger partial charge in [0, 0.05) is 31.4 Å². The third-order valence-corrected chi connectivity index (χ3v) is 3.07. The SMILES string of the molecule is C=Cc1cnc(C)c(OC(C)=O)c1CSC(C)=O. The van der Waals surface area contributed by atoms with Crippen molar-refractivity contribution in [3.8, 4) is 5.75 Å². The highest BCUT2D eigenvalue weighted by atomic mass is 32.2. The minimum absolute atomic E-state index is 0.00764. The van der Waals surface area contributed by atoms with Gasteiger partial charge in [0.2, 0.25) is 0 Å². The Bertz CT molecular complexity index is 497. The maximum atomic E-state index is 11.1. The summed E-state index contributed by atoms with van der Waals surface area (Å²) in [6, 6.07) is 0. The minimum Gasteiger partial charge on any atom is -0.424 e. The highest BCUT2D eigenvalue weighted by Gasteiger charge is 2.15. The van der Waals surface area contributed by atoms with E-state index in [1.807, 2.05) is 0 Å². The van der Waals surface area contributed by atoms with Crippen molar-refractivity contribution >= 4 is 28.9 Å². The van der Waals surface area contributed by atoms with Gasteiger partial charge in [0.05, 0.1) is 5.69 Å². The lowest BCUT2D eigenvalue weighted by Crippen LogP contribution is -2.08. The summed E-state index contributed by atoms with van der Waals surface area (Å²) in [5.41, 5.74) is 2.16. The Hall–Kier alpha value is -1.62. The van der Waals surface area contributed by atoms with E-state index in [1.54, 1.807) is 19.2 Å². The maximum Gasteiger partial charge on any atom is 0.308 e. The first-order valence-electron chi connectivity index (χ1n) is 5.38. The van der Waals surface area contributed by atoms with Gasteiger partial charge in [0.25, 0.3) is 0 Å². The van der Waals surface area contributed by atoms with Gasteiger partial charge in [-0.2, -0.15) is 0 Å². The number of pyridine rings is 1. The van der Waals surface area contributed by atoms with Gasteiger partial charge in [0.15, 0.2) is 10.9 Å². The molecule has 0 spiro atoms. The molecule has 4 nitrogen and oxygen atoms in total. The largest absolute Gasteiger partial charge is 0.424 e. The lowest BCUT2D eigenvalue weighted by molar-refractivity contribution is -0.132. The zero-order chi connectivity index (χ0) is 13.7. The highest BCUT2D eigenvalue weighted by Crippen LogP contribution is 2.30. The van der Waals surface area contributed by atoms with Crippen LogP contribution in [0.2, 0.25) is 0 Å². The average Bonchev–Trinajstić information content (AvgIpc) is 2.29. The van der Waals surface area contributed by atoms with Crippen LogP contribution in [-0.4, -0.2) is 16.1 Å². The molecule has 18 heavy (non-hydrogen) atoms. The van der Waals surface area contributed by atoms with Gasteiger partial charge < -0.3 is 4.74 Å².